The van der Waals surface area contributed by atoms with Gasteiger partial charge in [-0.3, -0.25) is 4.98 Å². The van der Waals surface area contributed by atoms with E-state index in [-0.39, 0.29) is 5.90 Å². The Morgan fingerprint density at radius 2 is 2.00 bits per heavy atom. The first kappa shape index (κ1) is 22.0. The zero-order chi connectivity index (χ0) is 23.4. The Morgan fingerprint density at radius 1 is 1.18 bits per heavy atom. The van der Waals surface area contributed by atoms with E-state index in [1.807, 2.05) is 38.1 Å². The number of hydrogen-bond acceptors (Lipinski definition) is 7. The van der Waals surface area contributed by atoms with Crippen LogP contribution in [0.4, 0.5) is 11.4 Å². The fourth-order valence-electron chi connectivity index (χ4n) is 3.71. The number of ether oxygens (including phenoxy) is 1. The Balaban J connectivity index is 1.81. The molecular formula is C25H24N6O2. The number of rotatable bonds is 6. The van der Waals surface area contributed by atoms with E-state index in [9.17, 15) is 4.79 Å². The van der Waals surface area contributed by atoms with Crippen molar-refractivity contribution in [3.8, 4) is 11.4 Å². The van der Waals surface area contributed by atoms with Crippen molar-refractivity contribution in [3.05, 3.63) is 71.7 Å². The Bertz CT molecular complexity index is 1320. The third kappa shape index (κ3) is 4.26. The molecule has 8 heteroatoms. The molecule has 0 N–H and O–H groups in total. The Kier molecular flexibility index (Phi) is 6.31. The summed E-state index contributed by atoms with van der Waals surface area (Å²) in [6.07, 6.45) is 2.84. The molecule has 33 heavy (non-hydrogen) atoms. The maximum atomic E-state index is 10.5. The number of hydrogen-bond donors (Lipinski definition) is 0. The van der Waals surface area contributed by atoms with Crippen molar-refractivity contribution < 1.29 is 9.53 Å². The largest absolute Gasteiger partial charge is 0.435 e. The maximum Gasteiger partial charge on any atom is 0.267 e. The molecule has 1 aliphatic rings. The molecule has 0 spiro atoms. The van der Waals surface area contributed by atoms with Crippen LogP contribution in [0, 0.1) is 13.8 Å². The quantitative estimate of drug-likeness (QED) is 0.325. The molecular weight excluding hydrogens is 416 g/mol. The molecule has 0 unspecified atom stereocenters. The van der Waals surface area contributed by atoms with Crippen molar-refractivity contribution in [2.45, 2.75) is 27.7 Å². The molecule has 0 aliphatic carbocycles. The van der Waals surface area contributed by atoms with Crippen molar-refractivity contribution in [1.29, 1.82) is 0 Å². The van der Waals surface area contributed by atoms with E-state index >= 15 is 0 Å². The molecule has 0 saturated carbocycles. The summed E-state index contributed by atoms with van der Waals surface area (Å²) >= 11 is 0. The highest BCUT2D eigenvalue weighted by atomic mass is 16.5. The van der Waals surface area contributed by atoms with E-state index in [1.165, 1.54) is 5.94 Å². The molecule has 1 aromatic carbocycles. The molecule has 0 radical (unpaired) electrons. The van der Waals surface area contributed by atoms with Crippen LogP contribution < -0.4 is 4.90 Å². The van der Waals surface area contributed by atoms with Gasteiger partial charge in [-0.05, 0) is 63.6 Å². The molecule has 1 aliphatic heterocycles. The second kappa shape index (κ2) is 9.49. The summed E-state index contributed by atoms with van der Waals surface area (Å²) in [5.74, 6) is 2.31. The van der Waals surface area contributed by atoms with Gasteiger partial charge < -0.3 is 9.64 Å². The van der Waals surface area contributed by atoms with Crippen LogP contribution in [-0.2, 0) is 9.53 Å². The molecule has 3 aromatic rings. The Hall–Kier alpha value is -4.25. The van der Waals surface area contributed by atoms with Gasteiger partial charge in [0.1, 0.15) is 12.0 Å². The van der Waals surface area contributed by atoms with Crippen LogP contribution in [0.3, 0.4) is 0 Å². The van der Waals surface area contributed by atoms with Gasteiger partial charge in [-0.25, -0.2) is 19.4 Å². The summed E-state index contributed by atoms with van der Waals surface area (Å²) in [7, 11) is 0. The smallest absolute Gasteiger partial charge is 0.267 e. The average molecular weight is 441 g/mol. The van der Waals surface area contributed by atoms with Gasteiger partial charge >= 0.3 is 0 Å². The van der Waals surface area contributed by atoms with Gasteiger partial charge in [0.15, 0.2) is 17.5 Å². The first-order valence-corrected chi connectivity index (χ1v) is 10.7. The number of imidazole rings is 1. The van der Waals surface area contributed by atoms with Crippen LogP contribution in [0.25, 0.3) is 11.4 Å². The first-order valence-electron chi connectivity index (χ1n) is 10.7. The van der Waals surface area contributed by atoms with Crippen LogP contribution in [0.2, 0.25) is 0 Å². The number of aliphatic imine (C=N–C) groups is 1. The summed E-state index contributed by atoms with van der Waals surface area (Å²) in [5, 5.41) is 4.53. The van der Waals surface area contributed by atoms with E-state index in [0.717, 1.165) is 53.4 Å². The Morgan fingerprint density at radius 3 is 2.67 bits per heavy atom. The minimum Gasteiger partial charge on any atom is -0.435 e. The number of nitrogens with zero attached hydrogens (tertiary/aromatic N) is 6. The second-order valence-electron chi connectivity index (χ2n) is 7.39. The van der Waals surface area contributed by atoms with Gasteiger partial charge in [0.2, 0.25) is 0 Å². The molecule has 0 bridgehead atoms. The van der Waals surface area contributed by atoms with Gasteiger partial charge in [0.25, 0.3) is 5.90 Å². The van der Waals surface area contributed by atoms with Crippen LogP contribution in [0.1, 0.15) is 30.9 Å². The molecule has 2 aromatic heterocycles. The highest BCUT2D eigenvalue weighted by Gasteiger charge is 2.30. The predicted octanol–water partition coefficient (Wildman–Crippen LogP) is 4.22. The van der Waals surface area contributed by atoms with E-state index < -0.39 is 0 Å². The van der Waals surface area contributed by atoms with Gasteiger partial charge in [-0.15, -0.1) is 5.10 Å². The SMILES string of the molecule is CCN(CC)c1ccc(/N=C2/C(OC=C=C=O)=Nn3c2nc(-c2ccccn2)c3C)c(C)c1. The number of aryl methyl sites for hydroxylation is 1. The summed E-state index contributed by atoms with van der Waals surface area (Å²) in [6.45, 7) is 10.1. The van der Waals surface area contributed by atoms with Crippen molar-refractivity contribution >= 4 is 28.9 Å². The fourth-order valence-corrected chi connectivity index (χ4v) is 3.71. The zero-order valence-electron chi connectivity index (χ0n) is 19.0. The standard InChI is InChI=1S/C25H24N6O2/c1-5-30(6-2)19-11-12-20(17(3)16-19)27-23-24-28-22(21-10-7-8-13-26-21)18(4)31(24)29-25(23)33-15-9-14-32/h7-8,10-13,15-16H,5-6H2,1-4H3/b27-23+. The monoisotopic (exact) mass is 440 g/mol. The normalized spacial score (nSPS) is 13.2. The number of fused-ring (bicyclic) bond motifs is 1. The first-order chi connectivity index (χ1) is 16.1. The maximum absolute atomic E-state index is 10.5. The minimum atomic E-state index is 0.225. The van der Waals surface area contributed by atoms with E-state index in [2.05, 4.69) is 46.7 Å². The summed E-state index contributed by atoms with van der Waals surface area (Å²) in [5.41, 5.74) is 7.91. The molecule has 0 saturated heterocycles. The third-order valence-electron chi connectivity index (χ3n) is 5.42. The van der Waals surface area contributed by atoms with Gasteiger partial charge in [-0.2, -0.15) is 0 Å². The van der Waals surface area contributed by atoms with Crippen molar-refractivity contribution in [1.82, 2.24) is 14.6 Å². The van der Waals surface area contributed by atoms with Crippen molar-refractivity contribution in [2.24, 2.45) is 10.1 Å². The molecule has 166 valence electrons. The minimum absolute atomic E-state index is 0.225. The van der Waals surface area contributed by atoms with Crippen LogP contribution >= 0.6 is 0 Å². The van der Waals surface area contributed by atoms with Crippen LogP contribution in [0.5, 0.6) is 0 Å². The Labute approximate surface area is 192 Å². The van der Waals surface area contributed by atoms with E-state index in [4.69, 9.17) is 14.7 Å². The molecule has 0 atom stereocenters. The fraction of sp³-hybridized carbons (Fsp3) is 0.240. The number of benzene rings is 1. The highest BCUT2D eigenvalue weighted by molar-refractivity contribution is 6.46. The highest BCUT2D eigenvalue weighted by Crippen LogP contribution is 2.29. The van der Waals surface area contributed by atoms with Crippen LogP contribution in [0.15, 0.2) is 64.7 Å². The molecule has 3 heterocycles. The molecule has 0 fully saturated rings. The van der Waals surface area contributed by atoms with E-state index in [1.54, 1.807) is 10.9 Å². The van der Waals surface area contributed by atoms with Gasteiger partial charge in [0.05, 0.1) is 17.1 Å². The average Bonchev–Trinajstić information content (AvgIpc) is 3.33. The lowest BCUT2D eigenvalue weighted by Gasteiger charge is -2.21. The number of aromatic nitrogens is 3. The summed E-state index contributed by atoms with van der Waals surface area (Å²) in [4.78, 5) is 26.8. The van der Waals surface area contributed by atoms with Gasteiger partial charge in [-0.1, -0.05) is 6.07 Å². The third-order valence-corrected chi connectivity index (χ3v) is 5.42. The summed E-state index contributed by atoms with van der Waals surface area (Å²) < 4.78 is 7.22. The predicted molar refractivity (Wildman–Crippen MR) is 129 cm³/mol. The zero-order valence-corrected chi connectivity index (χ0v) is 19.0. The van der Waals surface area contributed by atoms with Gasteiger partial charge in [0, 0.05) is 30.7 Å². The number of carbonyl (C=O) groups excluding carboxylic acids is 1. The lowest BCUT2D eigenvalue weighted by Crippen LogP contribution is -2.21. The summed E-state index contributed by atoms with van der Waals surface area (Å²) in [6, 6.07) is 11.8. The lowest BCUT2D eigenvalue weighted by atomic mass is 10.1. The van der Waals surface area contributed by atoms with Crippen LogP contribution in [-0.4, -0.2) is 45.3 Å². The van der Waals surface area contributed by atoms with Crippen molar-refractivity contribution in [3.63, 3.8) is 0 Å². The van der Waals surface area contributed by atoms with Crippen molar-refractivity contribution in [2.75, 3.05) is 18.0 Å². The number of anilines is 1. The molecule has 4 rings (SSSR count). The second-order valence-corrected chi connectivity index (χ2v) is 7.39. The lowest BCUT2D eigenvalue weighted by molar-refractivity contribution is 0.478. The molecule has 8 nitrogen and oxygen atoms in total. The molecule has 0 amide bonds. The topological polar surface area (TPSA) is 85.0 Å². The number of pyridine rings is 1. The van der Waals surface area contributed by atoms with E-state index in [0.29, 0.717) is 11.5 Å².